The summed E-state index contributed by atoms with van der Waals surface area (Å²) in [5.74, 6) is -0.0626. The van der Waals surface area contributed by atoms with E-state index < -0.39 is 0 Å². The molecule has 0 unspecified atom stereocenters. The minimum absolute atomic E-state index is 0.0626. The van der Waals surface area contributed by atoms with Crippen molar-refractivity contribution in [2.45, 2.75) is 6.42 Å². The Morgan fingerprint density at radius 3 is 2.65 bits per heavy atom. The fraction of sp³-hybridized carbons (Fsp3) is 0.125. The van der Waals surface area contributed by atoms with Crippen molar-refractivity contribution in [1.29, 1.82) is 5.26 Å². The molecule has 98 valence electrons. The van der Waals surface area contributed by atoms with Crippen LogP contribution >= 0.6 is 0 Å². The Bertz CT molecular complexity index is 689. The number of fused-ring (bicyclic) bond motifs is 1. The largest absolute Gasteiger partial charge is 0.339 e. The van der Waals surface area contributed by atoms with Crippen LogP contribution in [0.15, 0.2) is 48.5 Å². The second kappa shape index (κ2) is 5.06. The molecule has 1 aliphatic rings. The van der Waals surface area contributed by atoms with Crippen molar-refractivity contribution in [3.05, 3.63) is 54.1 Å². The zero-order valence-electron chi connectivity index (χ0n) is 10.8. The second-order valence-electron chi connectivity index (χ2n) is 4.60. The smallest absolute Gasteiger partial charge is 0.226 e. The van der Waals surface area contributed by atoms with Crippen LogP contribution in [-0.4, -0.2) is 12.5 Å². The van der Waals surface area contributed by atoms with Crippen molar-refractivity contribution in [3.8, 4) is 6.07 Å². The predicted octanol–water partition coefficient (Wildman–Crippen LogP) is 3.04. The molecule has 1 amide bonds. The Balaban J connectivity index is 2.16. The molecule has 4 nitrogen and oxygen atoms in total. The van der Waals surface area contributed by atoms with Crippen LogP contribution in [0.25, 0.3) is 0 Å². The number of nitriles is 1. The highest BCUT2D eigenvalue weighted by molar-refractivity contribution is 5.99. The SMILES string of the molecule is N#Cc1cccc2c1NC(=O)CCN2c1ccccc1. The Kier molecular flexibility index (Phi) is 3.10. The van der Waals surface area contributed by atoms with Gasteiger partial charge >= 0.3 is 0 Å². The van der Waals surface area contributed by atoms with E-state index in [1.807, 2.05) is 42.5 Å². The summed E-state index contributed by atoms with van der Waals surface area (Å²) in [7, 11) is 0. The van der Waals surface area contributed by atoms with Crippen LogP contribution in [0.2, 0.25) is 0 Å². The number of anilines is 3. The van der Waals surface area contributed by atoms with Crippen molar-refractivity contribution in [3.63, 3.8) is 0 Å². The normalized spacial score (nSPS) is 13.9. The maximum atomic E-state index is 11.8. The average Bonchev–Trinajstić information content (AvgIpc) is 2.66. The van der Waals surface area contributed by atoms with Gasteiger partial charge in [0.05, 0.1) is 16.9 Å². The highest BCUT2D eigenvalue weighted by Gasteiger charge is 2.22. The van der Waals surface area contributed by atoms with Crippen LogP contribution in [0.3, 0.4) is 0 Å². The second-order valence-corrected chi connectivity index (χ2v) is 4.60. The topological polar surface area (TPSA) is 56.1 Å². The lowest BCUT2D eigenvalue weighted by Gasteiger charge is -2.24. The molecule has 20 heavy (non-hydrogen) atoms. The van der Waals surface area contributed by atoms with E-state index in [1.165, 1.54) is 0 Å². The molecule has 0 bridgehead atoms. The van der Waals surface area contributed by atoms with Gasteiger partial charge in [-0.3, -0.25) is 4.79 Å². The number of carbonyl (C=O) groups is 1. The fourth-order valence-corrected chi connectivity index (χ4v) is 2.40. The molecule has 0 aliphatic carbocycles. The van der Waals surface area contributed by atoms with E-state index in [-0.39, 0.29) is 5.91 Å². The summed E-state index contributed by atoms with van der Waals surface area (Å²) in [6, 6.07) is 17.5. The van der Waals surface area contributed by atoms with E-state index in [4.69, 9.17) is 0 Å². The molecule has 1 heterocycles. The quantitative estimate of drug-likeness (QED) is 0.860. The van der Waals surface area contributed by atoms with Crippen LogP contribution in [0.5, 0.6) is 0 Å². The Morgan fingerprint density at radius 1 is 1.10 bits per heavy atom. The van der Waals surface area contributed by atoms with Gasteiger partial charge in [-0.05, 0) is 24.3 Å². The number of amides is 1. The lowest BCUT2D eigenvalue weighted by molar-refractivity contribution is -0.115. The lowest BCUT2D eigenvalue weighted by Crippen LogP contribution is -2.18. The van der Waals surface area contributed by atoms with Gasteiger partial charge in [-0.15, -0.1) is 0 Å². The minimum atomic E-state index is -0.0626. The van der Waals surface area contributed by atoms with Crippen LogP contribution in [-0.2, 0) is 4.79 Å². The van der Waals surface area contributed by atoms with Gasteiger partial charge in [0.15, 0.2) is 0 Å². The fourth-order valence-electron chi connectivity index (χ4n) is 2.40. The standard InChI is InChI=1S/C16H13N3O/c17-11-12-5-4-8-14-16(12)18-15(20)9-10-19(14)13-6-2-1-3-7-13/h1-8H,9-10H2,(H,18,20). The van der Waals surface area contributed by atoms with E-state index in [9.17, 15) is 10.1 Å². The molecule has 0 radical (unpaired) electrons. The van der Waals surface area contributed by atoms with Gasteiger partial charge < -0.3 is 10.2 Å². The summed E-state index contributed by atoms with van der Waals surface area (Å²) < 4.78 is 0. The molecule has 3 rings (SSSR count). The third kappa shape index (κ3) is 2.10. The van der Waals surface area contributed by atoms with Gasteiger partial charge in [0, 0.05) is 18.7 Å². The van der Waals surface area contributed by atoms with E-state index in [1.54, 1.807) is 6.07 Å². The first-order chi connectivity index (χ1) is 9.79. The number of carbonyl (C=O) groups excluding carboxylic acids is 1. The average molecular weight is 263 g/mol. The zero-order chi connectivity index (χ0) is 13.9. The summed E-state index contributed by atoms with van der Waals surface area (Å²) in [6.45, 7) is 0.595. The monoisotopic (exact) mass is 263 g/mol. The van der Waals surface area contributed by atoms with Crippen molar-refractivity contribution >= 4 is 23.0 Å². The molecule has 1 N–H and O–H groups in total. The number of nitrogens with one attached hydrogen (secondary N) is 1. The summed E-state index contributed by atoms with van der Waals surface area (Å²) in [5, 5.41) is 12.0. The van der Waals surface area contributed by atoms with Crippen LogP contribution in [0.4, 0.5) is 17.1 Å². The predicted molar refractivity (Wildman–Crippen MR) is 77.9 cm³/mol. The lowest BCUT2D eigenvalue weighted by atomic mass is 10.1. The van der Waals surface area contributed by atoms with Crippen molar-refractivity contribution in [2.75, 3.05) is 16.8 Å². The summed E-state index contributed by atoms with van der Waals surface area (Å²) in [4.78, 5) is 13.9. The summed E-state index contributed by atoms with van der Waals surface area (Å²) in [6.07, 6.45) is 0.397. The Morgan fingerprint density at radius 2 is 1.90 bits per heavy atom. The number of para-hydroxylation sites is 2. The van der Waals surface area contributed by atoms with E-state index in [0.717, 1.165) is 11.4 Å². The minimum Gasteiger partial charge on any atom is -0.339 e. The van der Waals surface area contributed by atoms with E-state index in [2.05, 4.69) is 16.3 Å². The molecule has 0 spiro atoms. The Hall–Kier alpha value is -2.80. The van der Waals surface area contributed by atoms with Gasteiger partial charge in [-0.2, -0.15) is 5.26 Å². The molecular weight excluding hydrogens is 250 g/mol. The van der Waals surface area contributed by atoms with Crippen LogP contribution < -0.4 is 10.2 Å². The van der Waals surface area contributed by atoms with Gasteiger partial charge in [0.1, 0.15) is 6.07 Å². The molecule has 1 aliphatic heterocycles. The molecule has 2 aromatic carbocycles. The van der Waals surface area contributed by atoms with Gasteiger partial charge in [0.2, 0.25) is 5.91 Å². The van der Waals surface area contributed by atoms with Crippen LogP contribution in [0, 0.1) is 11.3 Å². The number of rotatable bonds is 1. The third-order valence-electron chi connectivity index (χ3n) is 3.35. The van der Waals surface area contributed by atoms with Crippen molar-refractivity contribution in [1.82, 2.24) is 0 Å². The number of nitrogens with zero attached hydrogens (tertiary/aromatic N) is 2. The van der Waals surface area contributed by atoms with Crippen molar-refractivity contribution in [2.24, 2.45) is 0 Å². The molecule has 4 heteroatoms. The Labute approximate surface area is 117 Å². The first kappa shape index (κ1) is 12.2. The summed E-state index contributed by atoms with van der Waals surface area (Å²) in [5.41, 5.74) is 2.96. The zero-order valence-corrected chi connectivity index (χ0v) is 10.8. The van der Waals surface area contributed by atoms with Gasteiger partial charge in [-0.1, -0.05) is 24.3 Å². The molecular formula is C16H13N3O. The third-order valence-corrected chi connectivity index (χ3v) is 3.35. The maximum absolute atomic E-state index is 11.8. The molecule has 0 saturated carbocycles. The number of benzene rings is 2. The van der Waals surface area contributed by atoms with Gasteiger partial charge in [-0.25, -0.2) is 0 Å². The first-order valence-corrected chi connectivity index (χ1v) is 6.45. The number of hydrogen-bond acceptors (Lipinski definition) is 3. The molecule has 2 aromatic rings. The molecule has 0 aromatic heterocycles. The molecule has 0 saturated heterocycles. The maximum Gasteiger partial charge on any atom is 0.226 e. The number of hydrogen-bond donors (Lipinski definition) is 1. The van der Waals surface area contributed by atoms with E-state index >= 15 is 0 Å². The van der Waals surface area contributed by atoms with Crippen LogP contribution in [0.1, 0.15) is 12.0 Å². The van der Waals surface area contributed by atoms with Gasteiger partial charge in [0.25, 0.3) is 0 Å². The summed E-state index contributed by atoms with van der Waals surface area (Å²) >= 11 is 0. The highest BCUT2D eigenvalue weighted by Crippen LogP contribution is 2.36. The van der Waals surface area contributed by atoms with E-state index in [0.29, 0.717) is 24.2 Å². The highest BCUT2D eigenvalue weighted by atomic mass is 16.1. The molecule has 0 atom stereocenters. The molecule has 0 fully saturated rings. The first-order valence-electron chi connectivity index (χ1n) is 6.45. The van der Waals surface area contributed by atoms with Crippen molar-refractivity contribution < 1.29 is 4.79 Å².